The highest BCUT2D eigenvalue weighted by Gasteiger charge is 2.29. The molecule has 8 heteroatoms. The first-order chi connectivity index (χ1) is 12.5. The summed E-state index contributed by atoms with van der Waals surface area (Å²) in [6, 6.07) is 7.54. The van der Waals surface area contributed by atoms with Crippen LogP contribution in [0, 0.1) is 11.7 Å². The van der Waals surface area contributed by atoms with Gasteiger partial charge < -0.3 is 10.2 Å². The zero-order valence-corrected chi connectivity index (χ0v) is 15.2. The van der Waals surface area contributed by atoms with Crippen LogP contribution in [-0.4, -0.2) is 34.8 Å². The molecule has 0 atom stereocenters. The van der Waals surface area contributed by atoms with Gasteiger partial charge in [0.15, 0.2) is 0 Å². The van der Waals surface area contributed by atoms with Gasteiger partial charge in [-0.15, -0.1) is 0 Å². The fourth-order valence-electron chi connectivity index (χ4n) is 2.87. The lowest BCUT2D eigenvalue weighted by Gasteiger charge is -2.31. The van der Waals surface area contributed by atoms with Gasteiger partial charge in [-0.2, -0.15) is 0 Å². The van der Waals surface area contributed by atoms with Crippen molar-refractivity contribution < 1.29 is 14.0 Å². The van der Waals surface area contributed by atoms with Gasteiger partial charge in [0.25, 0.3) is 5.91 Å². The molecule has 1 aliphatic heterocycles. The van der Waals surface area contributed by atoms with Crippen LogP contribution in [0.5, 0.6) is 0 Å². The molecule has 1 saturated heterocycles. The molecule has 26 heavy (non-hydrogen) atoms. The van der Waals surface area contributed by atoms with Gasteiger partial charge in [0, 0.05) is 25.2 Å². The minimum absolute atomic E-state index is 0.0740. The Morgan fingerprint density at radius 1 is 1.15 bits per heavy atom. The molecule has 0 spiro atoms. The first kappa shape index (κ1) is 18.6. The van der Waals surface area contributed by atoms with Crippen molar-refractivity contribution in [3.8, 4) is 0 Å². The maximum absolute atomic E-state index is 13.6. The number of likely N-dealkylation sites (tertiary alicyclic amines) is 1. The van der Waals surface area contributed by atoms with Crippen molar-refractivity contribution in [3.63, 3.8) is 0 Å². The third-order valence-electron chi connectivity index (χ3n) is 4.31. The van der Waals surface area contributed by atoms with Crippen LogP contribution in [0.3, 0.4) is 0 Å². The number of amides is 2. The molecule has 2 heterocycles. The molecule has 136 valence electrons. The third kappa shape index (κ3) is 4.14. The number of anilines is 1. The summed E-state index contributed by atoms with van der Waals surface area (Å²) < 4.78 is 13.6. The molecule has 0 aliphatic carbocycles. The summed E-state index contributed by atoms with van der Waals surface area (Å²) in [7, 11) is 0. The van der Waals surface area contributed by atoms with Crippen LogP contribution in [-0.2, 0) is 4.79 Å². The van der Waals surface area contributed by atoms with Gasteiger partial charge in [0.1, 0.15) is 11.6 Å². The van der Waals surface area contributed by atoms with Crippen LogP contribution in [0.4, 0.5) is 10.2 Å². The molecule has 2 amide bonds. The van der Waals surface area contributed by atoms with E-state index >= 15 is 0 Å². The molecule has 1 N–H and O–H groups in total. The highest BCUT2D eigenvalue weighted by Crippen LogP contribution is 2.27. The van der Waals surface area contributed by atoms with Gasteiger partial charge in [-0.05, 0) is 37.1 Å². The Labute approximate surface area is 160 Å². The smallest absolute Gasteiger partial charge is 0.255 e. The van der Waals surface area contributed by atoms with Crippen LogP contribution >= 0.6 is 23.2 Å². The lowest BCUT2D eigenvalue weighted by Crippen LogP contribution is -2.41. The van der Waals surface area contributed by atoms with Gasteiger partial charge in [-0.25, -0.2) is 9.37 Å². The minimum atomic E-state index is -0.691. The van der Waals surface area contributed by atoms with E-state index in [9.17, 15) is 14.0 Å². The Bertz CT molecular complexity index is 825. The van der Waals surface area contributed by atoms with Crippen LogP contribution in [0.15, 0.2) is 36.5 Å². The summed E-state index contributed by atoms with van der Waals surface area (Å²) in [4.78, 5) is 30.5. The van der Waals surface area contributed by atoms with Crippen molar-refractivity contribution in [2.75, 3.05) is 18.4 Å². The van der Waals surface area contributed by atoms with E-state index in [2.05, 4.69) is 10.3 Å². The van der Waals surface area contributed by atoms with E-state index in [-0.39, 0.29) is 33.3 Å². The molecule has 3 rings (SSSR count). The quantitative estimate of drug-likeness (QED) is 0.798. The normalized spacial score (nSPS) is 15.0. The number of hydrogen-bond acceptors (Lipinski definition) is 3. The van der Waals surface area contributed by atoms with Crippen molar-refractivity contribution >= 4 is 40.8 Å². The standard InChI is InChI=1S/C18H16Cl2FN3O2/c19-13-10-14(20)15(21)9-12(13)18(26)24-7-4-11(5-8-24)17(25)23-16-3-1-2-6-22-16/h1-3,6,9-11H,4-5,7-8H2,(H,22,23,25). The number of pyridine rings is 1. The van der Waals surface area contributed by atoms with Crippen LogP contribution in [0.2, 0.25) is 10.0 Å². The van der Waals surface area contributed by atoms with Gasteiger partial charge in [0.05, 0.1) is 15.6 Å². The monoisotopic (exact) mass is 395 g/mol. The molecular formula is C18H16Cl2FN3O2. The lowest BCUT2D eigenvalue weighted by atomic mass is 9.95. The van der Waals surface area contributed by atoms with Crippen LogP contribution < -0.4 is 5.32 Å². The second-order valence-electron chi connectivity index (χ2n) is 6.02. The van der Waals surface area contributed by atoms with E-state index in [1.165, 1.54) is 6.07 Å². The summed E-state index contributed by atoms with van der Waals surface area (Å²) in [6.07, 6.45) is 2.63. The van der Waals surface area contributed by atoms with Gasteiger partial charge in [-0.1, -0.05) is 29.3 Å². The first-order valence-electron chi connectivity index (χ1n) is 8.11. The highest BCUT2D eigenvalue weighted by atomic mass is 35.5. The number of carbonyl (C=O) groups excluding carboxylic acids is 2. The second-order valence-corrected chi connectivity index (χ2v) is 6.83. The third-order valence-corrected chi connectivity index (χ3v) is 4.91. The summed E-state index contributed by atoms with van der Waals surface area (Å²) in [5.41, 5.74) is 0.0740. The number of benzene rings is 1. The summed E-state index contributed by atoms with van der Waals surface area (Å²) >= 11 is 11.7. The van der Waals surface area contributed by atoms with E-state index < -0.39 is 5.82 Å². The van der Waals surface area contributed by atoms with E-state index in [1.54, 1.807) is 29.3 Å². The number of halogens is 3. The molecular weight excluding hydrogens is 380 g/mol. The van der Waals surface area contributed by atoms with Crippen LogP contribution in [0.25, 0.3) is 0 Å². The summed E-state index contributed by atoms with van der Waals surface area (Å²) in [6.45, 7) is 0.777. The Kier molecular flexibility index (Phi) is 5.74. The fraction of sp³-hybridized carbons (Fsp3) is 0.278. The average Bonchev–Trinajstić information content (AvgIpc) is 2.65. The molecule has 5 nitrogen and oxygen atoms in total. The Balaban J connectivity index is 1.60. The molecule has 0 unspecified atom stereocenters. The van der Waals surface area contributed by atoms with Crippen LogP contribution in [0.1, 0.15) is 23.2 Å². The topological polar surface area (TPSA) is 62.3 Å². The maximum Gasteiger partial charge on any atom is 0.255 e. The van der Waals surface area contributed by atoms with Crippen molar-refractivity contribution in [3.05, 3.63) is 58.0 Å². The zero-order chi connectivity index (χ0) is 18.7. The number of nitrogens with one attached hydrogen (secondary N) is 1. The predicted molar refractivity (Wildman–Crippen MR) is 97.9 cm³/mol. The van der Waals surface area contributed by atoms with Gasteiger partial charge in [0.2, 0.25) is 5.91 Å². The minimum Gasteiger partial charge on any atom is -0.339 e. The molecule has 1 aromatic heterocycles. The first-order valence-corrected chi connectivity index (χ1v) is 8.87. The number of piperidine rings is 1. The van der Waals surface area contributed by atoms with Crippen molar-refractivity contribution in [2.45, 2.75) is 12.8 Å². The molecule has 0 radical (unpaired) electrons. The Hall–Kier alpha value is -2.18. The number of nitrogens with zero attached hydrogens (tertiary/aromatic N) is 2. The predicted octanol–water partition coefficient (Wildman–Crippen LogP) is 4.02. The van der Waals surface area contributed by atoms with E-state index in [4.69, 9.17) is 23.2 Å². The number of rotatable bonds is 3. The molecule has 2 aromatic rings. The molecule has 1 fully saturated rings. The highest BCUT2D eigenvalue weighted by molar-refractivity contribution is 6.36. The second kappa shape index (κ2) is 8.01. The number of hydrogen-bond donors (Lipinski definition) is 1. The number of carbonyl (C=O) groups is 2. The lowest BCUT2D eigenvalue weighted by molar-refractivity contribution is -0.121. The Morgan fingerprint density at radius 3 is 2.54 bits per heavy atom. The van der Waals surface area contributed by atoms with Crippen molar-refractivity contribution in [1.82, 2.24) is 9.88 Å². The summed E-state index contributed by atoms with van der Waals surface area (Å²) in [5, 5.41) is 2.75. The van der Waals surface area contributed by atoms with Crippen molar-refractivity contribution in [2.24, 2.45) is 5.92 Å². The van der Waals surface area contributed by atoms with Crippen molar-refractivity contribution in [1.29, 1.82) is 0 Å². The molecule has 1 aliphatic rings. The Morgan fingerprint density at radius 2 is 1.88 bits per heavy atom. The maximum atomic E-state index is 13.6. The molecule has 1 aromatic carbocycles. The SMILES string of the molecule is O=C(Nc1ccccn1)C1CCN(C(=O)c2cc(F)c(Cl)cc2Cl)CC1. The molecule has 0 bridgehead atoms. The number of aromatic nitrogens is 1. The zero-order valence-electron chi connectivity index (χ0n) is 13.7. The van der Waals surface area contributed by atoms with E-state index in [0.29, 0.717) is 31.7 Å². The van der Waals surface area contributed by atoms with Gasteiger partial charge >= 0.3 is 0 Å². The van der Waals surface area contributed by atoms with E-state index in [0.717, 1.165) is 6.07 Å². The van der Waals surface area contributed by atoms with E-state index in [1.807, 2.05) is 0 Å². The summed E-state index contributed by atoms with van der Waals surface area (Å²) in [5.74, 6) is -0.887. The fourth-order valence-corrected chi connectivity index (χ4v) is 3.33. The average molecular weight is 396 g/mol. The largest absolute Gasteiger partial charge is 0.339 e. The van der Waals surface area contributed by atoms with Gasteiger partial charge in [-0.3, -0.25) is 9.59 Å². The molecule has 0 saturated carbocycles.